The highest BCUT2D eigenvalue weighted by atomic mass is 35.5. The van der Waals surface area contributed by atoms with Crippen molar-refractivity contribution in [2.45, 2.75) is 6.42 Å². The first kappa shape index (κ1) is 11.0. The summed E-state index contributed by atoms with van der Waals surface area (Å²) in [6, 6.07) is 18.1. The molecule has 0 saturated heterocycles. The fraction of sp³-hybridized carbons (Fsp3) is 0.0667. The minimum absolute atomic E-state index is 0.760. The molecule has 2 rings (SSSR count). The zero-order valence-electron chi connectivity index (χ0n) is 8.99. The van der Waals surface area contributed by atoms with Crippen LogP contribution >= 0.6 is 11.6 Å². The molecule has 2 aromatic carbocycles. The molecular formula is C15H13Cl. The molecule has 2 aromatic rings. The molecule has 16 heavy (non-hydrogen) atoms. The molecule has 0 aliphatic heterocycles. The van der Waals surface area contributed by atoms with Crippen molar-refractivity contribution < 1.29 is 0 Å². The fourth-order valence-corrected chi connectivity index (χ4v) is 1.76. The lowest BCUT2D eigenvalue weighted by Crippen LogP contribution is -1.88. The zero-order chi connectivity index (χ0) is 11.4. The van der Waals surface area contributed by atoms with Gasteiger partial charge in [0.25, 0.3) is 0 Å². The number of allylic oxidation sites excluding steroid dienone is 1. The molecular weight excluding hydrogens is 216 g/mol. The van der Waals surface area contributed by atoms with E-state index in [1.54, 1.807) is 0 Å². The second kappa shape index (κ2) is 5.00. The van der Waals surface area contributed by atoms with E-state index in [0.717, 1.165) is 22.6 Å². The van der Waals surface area contributed by atoms with E-state index in [2.05, 4.69) is 18.7 Å². The Morgan fingerprint density at radius 3 is 2.19 bits per heavy atom. The van der Waals surface area contributed by atoms with Crippen LogP contribution < -0.4 is 0 Å². The van der Waals surface area contributed by atoms with Crippen molar-refractivity contribution in [3.05, 3.63) is 77.3 Å². The summed E-state index contributed by atoms with van der Waals surface area (Å²) >= 11 is 5.85. The van der Waals surface area contributed by atoms with Crippen molar-refractivity contribution in [1.29, 1.82) is 0 Å². The first-order valence-electron chi connectivity index (χ1n) is 5.23. The molecule has 0 aromatic heterocycles. The molecule has 0 nitrogen and oxygen atoms in total. The predicted octanol–water partition coefficient (Wildman–Crippen LogP) is 4.60. The number of hydrogen-bond donors (Lipinski definition) is 0. The van der Waals surface area contributed by atoms with Gasteiger partial charge < -0.3 is 0 Å². The van der Waals surface area contributed by atoms with Crippen LogP contribution in [-0.2, 0) is 6.42 Å². The normalized spacial score (nSPS) is 10.1. The first-order chi connectivity index (χ1) is 7.75. The third-order valence-electron chi connectivity index (χ3n) is 2.51. The molecule has 0 radical (unpaired) electrons. The molecule has 0 aliphatic rings. The van der Waals surface area contributed by atoms with Crippen LogP contribution in [0.25, 0.3) is 5.57 Å². The zero-order valence-corrected chi connectivity index (χ0v) is 9.74. The van der Waals surface area contributed by atoms with Crippen molar-refractivity contribution in [3.63, 3.8) is 0 Å². The molecule has 0 spiro atoms. The van der Waals surface area contributed by atoms with Crippen LogP contribution in [0.15, 0.2) is 61.2 Å². The molecule has 0 fully saturated rings. The Kier molecular flexibility index (Phi) is 3.43. The van der Waals surface area contributed by atoms with E-state index in [4.69, 9.17) is 11.6 Å². The monoisotopic (exact) mass is 228 g/mol. The molecule has 0 aliphatic carbocycles. The summed E-state index contributed by atoms with van der Waals surface area (Å²) in [5, 5.41) is 0.760. The molecule has 0 heterocycles. The van der Waals surface area contributed by atoms with Crippen molar-refractivity contribution in [2.24, 2.45) is 0 Å². The van der Waals surface area contributed by atoms with E-state index in [1.165, 1.54) is 5.56 Å². The number of rotatable bonds is 3. The van der Waals surface area contributed by atoms with Crippen molar-refractivity contribution in [1.82, 2.24) is 0 Å². The van der Waals surface area contributed by atoms with Gasteiger partial charge in [-0.1, -0.05) is 60.6 Å². The highest BCUT2D eigenvalue weighted by molar-refractivity contribution is 6.30. The molecule has 0 bridgehead atoms. The highest BCUT2D eigenvalue weighted by Gasteiger charge is 2.00. The van der Waals surface area contributed by atoms with E-state index in [0.29, 0.717) is 0 Å². The first-order valence-corrected chi connectivity index (χ1v) is 5.61. The molecule has 0 atom stereocenters. The van der Waals surface area contributed by atoms with Crippen molar-refractivity contribution in [2.75, 3.05) is 0 Å². The Morgan fingerprint density at radius 1 is 0.938 bits per heavy atom. The van der Waals surface area contributed by atoms with Gasteiger partial charge in [0, 0.05) is 5.02 Å². The van der Waals surface area contributed by atoms with Crippen LogP contribution in [0.4, 0.5) is 0 Å². The number of hydrogen-bond acceptors (Lipinski definition) is 0. The minimum atomic E-state index is 0.760. The smallest absolute Gasteiger partial charge is 0.0406 e. The van der Waals surface area contributed by atoms with Crippen molar-refractivity contribution in [3.8, 4) is 0 Å². The lowest BCUT2D eigenvalue weighted by Gasteiger charge is -2.06. The second-order valence-electron chi connectivity index (χ2n) is 3.77. The van der Waals surface area contributed by atoms with Gasteiger partial charge in [0.2, 0.25) is 0 Å². The summed E-state index contributed by atoms with van der Waals surface area (Å²) in [5.41, 5.74) is 3.54. The average Bonchev–Trinajstić information content (AvgIpc) is 2.31. The summed E-state index contributed by atoms with van der Waals surface area (Å²) in [5.74, 6) is 0. The summed E-state index contributed by atoms with van der Waals surface area (Å²) in [4.78, 5) is 0. The lowest BCUT2D eigenvalue weighted by molar-refractivity contribution is 1.29. The maximum absolute atomic E-state index is 5.85. The maximum atomic E-state index is 5.85. The van der Waals surface area contributed by atoms with E-state index >= 15 is 0 Å². The largest absolute Gasteiger partial charge is 0.0949 e. The van der Waals surface area contributed by atoms with Crippen LogP contribution in [0.2, 0.25) is 5.02 Å². The average molecular weight is 229 g/mol. The third kappa shape index (κ3) is 2.74. The van der Waals surface area contributed by atoms with Crippen LogP contribution in [0.1, 0.15) is 11.1 Å². The van der Waals surface area contributed by atoms with E-state index < -0.39 is 0 Å². The second-order valence-corrected chi connectivity index (χ2v) is 4.21. The summed E-state index contributed by atoms with van der Waals surface area (Å²) in [6.07, 6.45) is 0.877. The lowest BCUT2D eigenvalue weighted by atomic mass is 10.00. The quantitative estimate of drug-likeness (QED) is 0.721. The SMILES string of the molecule is C=C(Cc1ccccc1)c1ccc(Cl)cc1. The topological polar surface area (TPSA) is 0 Å². The Hall–Kier alpha value is -1.53. The molecule has 0 saturated carbocycles. The van der Waals surface area contributed by atoms with Crippen LogP contribution in [0.5, 0.6) is 0 Å². The molecule has 80 valence electrons. The fourth-order valence-electron chi connectivity index (χ4n) is 1.63. The summed E-state index contributed by atoms with van der Waals surface area (Å²) in [6.45, 7) is 4.11. The Labute approximate surface area is 101 Å². The van der Waals surface area contributed by atoms with E-state index in [-0.39, 0.29) is 0 Å². The van der Waals surface area contributed by atoms with Gasteiger partial charge in [-0.05, 0) is 35.3 Å². The van der Waals surface area contributed by atoms with Gasteiger partial charge in [0.05, 0.1) is 0 Å². The molecule has 0 unspecified atom stereocenters. The molecule has 0 amide bonds. The van der Waals surface area contributed by atoms with Gasteiger partial charge in [-0.2, -0.15) is 0 Å². The van der Waals surface area contributed by atoms with Crippen LogP contribution in [0.3, 0.4) is 0 Å². The van der Waals surface area contributed by atoms with E-state index in [1.807, 2.05) is 42.5 Å². The third-order valence-corrected chi connectivity index (χ3v) is 2.76. The summed E-state index contributed by atoms with van der Waals surface area (Å²) < 4.78 is 0. The maximum Gasteiger partial charge on any atom is 0.0406 e. The molecule has 1 heteroatoms. The van der Waals surface area contributed by atoms with Gasteiger partial charge in [-0.25, -0.2) is 0 Å². The van der Waals surface area contributed by atoms with Gasteiger partial charge in [0.1, 0.15) is 0 Å². The minimum Gasteiger partial charge on any atom is -0.0949 e. The predicted molar refractivity (Wildman–Crippen MR) is 70.6 cm³/mol. The molecule has 0 N–H and O–H groups in total. The summed E-state index contributed by atoms with van der Waals surface area (Å²) in [7, 11) is 0. The Morgan fingerprint density at radius 2 is 1.56 bits per heavy atom. The van der Waals surface area contributed by atoms with Gasteiger partial charge in [0.15, 0.2) is 0 Å². The Balaban J connectivity index is 2.12. The van der Waals surface area contributed by atoms with Crippen molar-refractivity contribution >= 4 is 17.2 Å². The number of halogens is 1. The highest BCUT2D eigenvalue weighted by Crippen LogP contribution is 2.19. The van der Waals surface area contributed by atoms with E-state index in [9.17, 15) is 0 Å². The van der Waals surface area contributed by atoms with Crippen LogP contribution in [0, 0.1) is 0 Å². The van der Waals surface area contributed by atoms with Crippen LogP contribution in [-0.4, -0.2) is 0 Å². The van der Waals surface area contributed by atoms with Gasteiger partial charge in [-0.3, -0.25) is 0 Å². The van der Waals surface area contributed by atoms with Gasteiger partial charge in [-0.15, -0.1) is 0 Å². The van der Waals surface area contributed by atoms with Gasteiger partial charge >= 0.3 is 0 Å². The standard InChI is InChI=1S/C15H13Cl/c1-12(11-13-5-3-2-4-6-13)14-7-9-15(16)10-8-14/h2-10H,1,11H2. The Bertz CT molecular complexity index is 469. The number of benzene rings is 2.